The Morgan fingerprint density at radius 2 is 1.94 bits per heavy atom. The first-order valence-electron chi connectivity index (χ1n) is 5.12. The van der Waals surface area contributed by atoms with Crippen LogP contribution in [0.2, 0.25) is 0 Å². The first-order chi connectivity index (χ1) is 8.12. The third-order valence-electron chi connectivity index (χ3n) is 2.40. The molecule has 0 unspecified atom stereocenters. The number of halogens is 3. The summed E-state index contributed by atoms with van der Waals surface area (Å²) in [5.74, 6) is -2.66. The van der Waals surface area contributed by atoms with Crippen molar-refractivity contribution in [1.29, 1.82) is 0 Å². The fourth-order valence-electron chi connectivity index (χ4n) is 1.54. The summed E-state index contributed by atoms with van der Waals surface area (Å²) in [6, 6.07) is 7.71. The molecule has 5 heteroatoms. The summed E-state index contributed by atoms with van der Waals surface area (Å²) in [6.45, 7) is -0.478. The van der Waals surface area contributed by atoms with Crippen molar-refractivity contribution in [3.63, 3.8) is 0 Å². The van der Waals surface area contributed by atoms with Gasteiger partial charge in [-0.1, -0.05) is 30.3 Å². The quantitative estimate of drug-likeness (QED) is 0.767. The van der Waals surface area contributed by atoms with Crippen LogP contribution in [0.3, 0.4) is 0 Å². The molecule has 1 heterocycles. The maximum atomic E-state index is 13.9. The zero-order valence-corrected chi connectivity index (χ0v) is 9.74. The van der Waals surface area contributed by atoms with Gasteiger partial charge in [-0.15, -0.1) is 11.6 Å². The van der Waals surface area contributed by atoms with Crippen molar-refractivity contribution in [3.05, 3.63) is 53.9 Å². The molecule has 0 saturated heterocycles. The van der Waals surface area contributed by atoms with E-state index in [1.807, 2.05) is 0 Å². The van der Waals surface area contributed by atoms with E-state index in [-0.39, 0.29) is 11.4 Å². The summed E-state index contributed by atoms with van der Waals surface area (Å²) in [4.78, 5) is 0. The molecule has 17 heavy (non-hydrogen) atoms. The molecule has 0 aliphatic rings. The highest BCUT2D eigenvalue weighted by Gasteiger charge is 2.32. The first kappa shape index (κ1) is 12.0. The van der Waals surface area contributed by atoms with E-state index in [0.717, 1.165) is 5.56 Å². The zero-order valence-electron chi connectivity index (χ0n) is 8.98. The molecule has 0 spiro atoms. The monoisotopic (exact) mass is 256 g/mol. The van der Waals surface area contributed by atoms with Crippen LogP contribution in [0.25, 0.3) is 0 Å². The summed E-state index contributed by atoms with van der Waals surface area (Å²) >= 11 is 5.59. The fraction of sp³-hybridized carbons (Fsp3) is 0.250. The van der Waals surface area contributed by atoms with E-state index in [1.165, 1.54) is 29.2 Å². The van der Waals surface area contributed by atoms with Crippen LogP contribution in [0, 0.1) is 0 Å². The fourth-order valence-corrected chi connectivity index (χ4v) is 1.68. The van der Waals surface area contributed by atoms with Crippen molar-refractivity contribution in [2.45, 2.75) is 18.3 Å². The van der Waals surface area contributed by atoms with Crippen LogP contribution in [0.15, 0.2) is 42.7 Å². The molecule has 0 amide bonds. The normalized spacial score (nSPS) is 11.7. The molecule has 0 atom stereocenters. The highest BCUT2D eigenvalue weighted by Crippen LogP contribution is 2.29. The van der Waals surface area contributed by atoms with Gasteiger partial charge in [0.05, 0.1) is 12.1 Å². The average molecular weight is 257 g/mol. The lowest BCUT2D eigenvalue weighted by molar-refractivity contribution is -0.0254. The average Bonchev–Trinajstić information content (AvgIpc) is 2.77. The molecule has 90 valence electrons. The topological polar surface area (TPSA) is 17.8 Å². The molecule has 0 aliphatic carbocycles. The van der Waals surface area contributed by atoms with Gasteiger partial charge >= 0.3 is 0 Å². The second-order valence-electron chi connectivity index (χ2n) is 3.75. The van der Waals surface area contributed by atoms with E-state index in [1.54, 1.807) is 18.2 Å². The molecular formula is C12H11ClF2N2. The van der Waals surface area contributed by atoms with Gasteiger partial charge in [0.2, 0.25) is 0 Å². The number of benzene rings is 1. The molecule has 0 bridgehead atoms. The molecule has 1 aromatic carbocycles. The van der Waals surface area contributed by atoms with Gasteiger partial charge < -0.3 is 0 Å². The predicted molar refractivity (Wildman–Crippen MR) is 62.1 cm³/mol. The Bertz CT molecular complexity index is 482. The Morgan fingerprint density at radius 1 is 1.24 bits per heavy atom. The molecule has 0 N–H and O–H groups in total. The number of rotatable bonds is 4. The van der Waals surface area contributed by atoms with Crippen LogP contribution in [-0.2, 0) is 18.3 Å². The number of nitrogens with zero attached hydrogens (tertiary/aromatic N) is 2. The van der Waals surface area contributed by atoms with E-state index in [9.17, 15) is 8.78 Å². The zero-order chi connectivity index (χ0) is 12.3. The number of aromatic nitrogens is 2. The maximum Gasteiger partial charge on any atom is 0.292 e. The summed E-state index contributed by atoms with van der Waals surface area (Å²) in [5.41, 5.74) is 0.721. The van der Waals surface area contributed by atoms with E-state index < -0.39 is 12.5 Å². The highest BCUT2D eigenvalue weighted by molar-refractivity contribution is 6.17. The Labute approximate surface area is 103 Å². The summed E-state index contributed by atoms with van der Waals surface area (Å²) < 4.78 is 28.9. The van der Waals surface area contributed by atoms with Crippen LogP contribution in [0.5, 0.6) is 0 Å². The van der Waals surface area contributed by atoms with E-state index >= 15 is 0 Å². The van der Waals surface area contributed by atoms with Crippen LogP contribution in [0.4, 0.5) is 8.78 Å². The van der Waals surface area contributed by atoms with E-state index in [4.69, 9.17) is 11.6 Å². The van der Waals surface area contributed by atoms with Gasteiger partial charge in [0, 0.05) is 17.3 Å². The lowest BCUT2D eigenvalue weighted by Gasteiger charge is -2.16. The second kappa shape index (κ2) is 4.84. The Kier molecular flexibility index (Phi) is 3.43. The smallest absolute Gasteiger partial charge is 0.266 e. The Hall–Kier alpha value is -1.42. The minimum Gasteiger partial charge on any atom is -0.266 e. The van der Waals surface area contributed by atoms with Crippen LogP contribution < -0.4 is 0 Å². The van der Waals surface area contributed by atoms with Gasteiger partial charge in [-0.3, -0.25) is 4.68 Å². The number of hydrogen-bond acceptors (Lipinski definition) is 1. The molecule has 2 aromatic rings. The van der Waals surface area contributed by atoms with Crippen molar-refractivity contribution in [1.82, 2.24) is 9.78 Å². The van der Waals surface area contributed by atoms with Crippen LogP contribution in [-0.4, -0.2) is 9.78 Å². The Balaban J connectivity index is 2.17. The van der Waals surface area contributed by atoms with Crippen molar-refractivity contribution < 1.29 is 8.78 Å². The molecule has 2 nitrogen and oxygen atoms in total. The van der Waals surface area contributed by atoms with Gasteiger partial charge in [0.15, 0.2) is 0 Å². The lowest BCUT2D eigenvalue weighted by atomic mass is 10.1. The third-order valence-corrected chi connectivity index (χ3v) is 2.71. The highest BCUT2D eigenvalue weighted by atomic mass is 35.5. The summed E-state index contributed by atoms with van der Waals surface area (Å²) in [7, 11) is 0. The minimum atomic E-state index is -2.93. The minimum absolute atomic E-state index is 0.0112. The largest absolute Gasteiger partial charge is 0.292 e. The Morgan fingerprint density at radius 3 is 2.53 bits per heavy atom. The molecule has 0 fully saturated rings. The molecule has 1 aromatic heterocycles. The summed E-state index contributed by atoms with van der Waals surface area (Å²) in [6.07, 6.45) is 3.03. The van der Waals surface area contributed by atoms with Crippen molar-refractivity contribution in [2.75, 3.05) is 0 Å². The molecule has 2 rings (SSSR count). The van der Waals surface area contributed by atoms with Crippen molar-refractivity contribution in [3.8, 4) is 0 Å². The van der Waals surface area contributed by atoms with Crippen molar-refractivity contribution in [2.24, 2.45) is 0 Å². The second-order valence-corrected chi connectivity index (χ2v) is 4.02. The van der Waals surface area contributed by atoms with Gasteiger partial charge in [-0.2, -0.15) is 13.9 Å². The van der Waals surface area contributed by atoms with E-state index in [2.05, 4.69) is 5.10 Å². The predicted octanol–water partition coefficient (Wildman–Crippen LogP) is 3.41. The first-order valence-corrected chi connectivity index (χ1v) is 5.66. The molecule has 0 saturated carbocycles. The van der Waals surface area contributed by atoms with Crippen LogP contribution in [0.1, 0.15) is 11.1 Å². The maximum absolute atomic E-state index is 13.9. The lowest BCUT2D eigenvalue weighted by Crippen LogP contribution is -2.21. The summed E-state index contributed by atoms with van der Waals surface area (Å²) in [5, 5.41) is 3.85. The number of hydrogen-bond donors (Lipinski definition) is 0. The van der Waals surface area contributed by atoms with Gasteiger partial charge in [0.1, 0.15) is 6.54 Å². The number of alkyl halides is 3. The van der Waals surface area contributed by atoms with E-state index in [0.29, 0.717) is 0 Å². The van der Waals surface area contributed by atoms with Gasteiger partial charge in [-0.05, 0) is 0 Å². The van der Waals surface area contributed by atoms with Gasteiger partial charge in [-0.25, -0.2) is 0 Å². The van der Waals surface area contributed by atoms with Crippen LogP contribution >= 0.6 is 11.6 Å². The standard InChI is InChI=1S/C12H11ClF2N2/c13-6-10-7-16-17(8-10)9-12(14,15)11-4-2-1-3-5-11/h1-5,7-8H,6,9H2. The third kappa shape index (κ3) is 2.82. The SMILES string of the molecule is FC(F)(Cn1cc(CCl)cn1)c1ccccc1. The van der Waals surface area contributed by atoms with Crippen molar-refractivity contribution >= 4 is 11.6 Å². The molecule has 0 aliphatic heterocycles. The van der Waals surface area contributed by atoms with Gasteiger partial charge in [0.25, 0.3) is 5.92 Å². The molecule has 0 radical (unpaired) electrons. The molecular weight excluding hydrogens is 246 g/mol.